The average molecular weight is 385 g/mol. The molecule has 0 atom stereocenters. The van der Waals surface area contributed by atoms with Crippen molar-refractivity contribution in [1.82, 2.24) is 4.90 Å². The second kappa shape index (κ2) is 6.57. The molecule has 0 N–H and O–H groups in total. The minimum absolute atomic E-state index is 0.310. The summed E-state index contributed by atoms with van der Waals surface area (Å²) in [5.41, 5.74) is 2.23. The Balaban J connectivity index is 1.65. The van der Waals surface area contributed by atoms with Gasteiger partial charge < -0.3 is 4.74 Å². The molecule has 116 valence electrons. The molecule has 3 rings (SSSR count). The van der Waals surface area contributed by atoms with Gasteiger partial charge in [-0.15, -0.1) is 0 Å². The first-order chi connectivity index (χ1) is 10.6. The molecule has 0 unspecified atom stereocenters. The quantitative estimate of drug-likeness (QED) is 0.747. The van der Waals surface area contributed by atoms with Gasteiger partial charge in [0, 0.05) is 35.0 Å². The summed E-state index contributed by atoms with van der Waals surface area (Å²) in [6.45, 7) is 2.69. The zero-order valence-electron chi connectivity index (χ0n) is 12.2. The predicted octanol–water partition coefficient (Wildman–Crippen LogP) is 4.85. The monoisotopic (exact) mass is 383 g/mol. The van der Waals surface area contributed by atoms with E-state index in [1.165, 1.54) is 13.2 Å². The molecule has 0 bridgehead atoms. The van der Waals surface area contributed by atoms with Gasteiger partial charge in [-0.1, -0.05) is 39.7 Å². The smallest absolute Gasteiger partial charge is 0.165 e. The van der Waals surface area contributed by atoms with E-state index in [9.17, 15) is 4.39 Å². The first-order valence-electron chi connectivity index (χ1n) is 7.07. The van der Waals surface area contributed by atoms with E-state index in [-0.39, 0.29) is 5.82 Å². The summed E-state index contributed by atoms with van der Waals surface area (Å²) in [6, 6.07) is 10.9. The van der Waals surface area contributed by atoms with Crippen molar-refractivity contribution in [2.45, 2.75) is 12.5 Å². The molecule has 2 nitrogen and oxygen atoms in total. The summed E-state index contributed by atoms with van der Waals surface area (Å²) >= 11 is 9.80. The summed E-state index contributed by atoms with van der Waals surface area (Å²) < 4.78 is 19.5. The number of likely N-dealkylation sites (tertiary alicyclic amines) is 1. The number of halogens is 3. The normalized spacial score (nSPS) is 15.6. The third-order valence-corrected chi connectivity index (χ3v) is 5.14. The van der Waals surface area contributed by atoms with Crippen LogP contribution < -0.4 is 4.74 Å². The molecule has 1 saturated heterocycles. The average Bonchev–Trinajstić information content (AvgIpc) is 2.46. The maximum Gasteiger partial charge on any atom is 0.165 e. The Morgan fingerprint density at radius 1 is 1.32 bits per heavy atom. The lowest BCUT2D eigenvalue weighted by atomic mass is 9.91. The van der Waals surface area contributed by atoms with Crippen molar-refractivity contribution in [2.24, 2.45) is 0 Å². The Morgan fingerprint density at radius 2 is 2.09 bits per heavy atom. The van der Waals surface area contributed by atoms with Crippen LogP contribution in [0.1, 0.15) is 17.0 Å². The van der Waals surface area contributed by atoms with Gasteiger partial charge in [0.25, 0.3) is 0 Å². The van der Waals surface area contributed by atoms with Crippen LogP contribution in [0.2, 0.25) is 5.02 Å². The fraction of sp³-hybridized carbons (Fsp3) is 0.294. The Morgan fingerprint density at radius 3 is 2.77 bits per heavy atom. The number of methoxy groups -OCH3 is 1. The van der Waals surface area contributed by atoms with Crippen molar-refractivity contribution < 1.29 is 9.13 Å². The molecule has 1 aliphatic rings. The molecule has 0 amide bonds. The second-order valence-electron chi connectivity index (χ2n) is 5.49. The van der Waals surface area contributed by atoms with Crippen LogP contribution in [-0.2, 0) is 6.54 Å². The highest BCUT2D eigenvalue weighted by molar-refractivity contribution is 9.10. The van der Waals surface area contributed by atoms with Gasteiger partial charge in [0.15, 0.2) is 11.6 Å². The van der Waals surface area contributed by atoms with Gasteiger partial charge in [-0.25, -0.2) is 4.39 Å². The van der Waals surface area contributed by atoms with E-state index in [1.54, 1.807) is 6.07 Å². The van der Waals surface area contributed by atoms with Gasteiger partial charge >= 0.3 is 0 Å². The van der Waals surface area contributed by atoms with E-state index < -0.39 is 0 Å². The molecular formula is C17H16BrClFNO. The number of nitrogens with zero attached hydrogens (tertiary/aromatic N) is 1. The Kier molecular flexibility index (Phi) is 4.71. The molecule has 2 aromatic carbocycles. The van der Waals surface area contributed by atoms with E-state index in [1.807, 2.05) is 24.3 Å². The van der Waals surface area contributed by atoms with Crippen LogP contribution >= 0.6 is 27.5 Å². The molecular weight excluding hydrogens is 369 g/mol. The number of hydrogen-bond acceptors (Lipinski definition) is 2. The molecule has 1 fully saturated rings. The third-order valence-electron chi connectivity index (χ3n) is 4.05. The van der Waals surface area contributed by atoms with Gasteiger partial charge in [-0.3, -0.25) is 4.90 Å². The fourth-order valence-electron chi connectivity index (χ4n) is 2.75. The number of benzene rings is 2. The minimum atomic E-state index is -0.317. The molecule has 0 spiro atoms. The highest BCUT2D eigenvalue weighted by Crippen LogP contribution is 2.34. The van der Waals surface area contributed by atoms with Crippen LogP contribution in [0.3, 0.4) is 0 Å². The molecule has 0 aromatic heterocycles. The standard InChI is InChI=1S/C17H16BrClFNO/c1-22-17-7-11(5-6-16(17)20)12-8-21(9-12)10-13-14(18)3-2-4-15(13)19/h2-7,12H,8-10H2,1H3. The Bertz CT molecular complexity index is 668. The van der Waals surface area contributed by atoms with Crippen molar-refractivity contribution in [1.29, 1.82) is 0 Å². The zero-order chi connectivity index (χ0) is 15.7. The Hall–Kier alpha value is -1.10. The van der Waals surface area contributed by atoms with Crippen molar-refractivity contribution in [3.05, 3.63) is 62.8 Å². The largest absolute Gasteiger partial charge is 0.494 e. The van der Waals surface area contributed by atoms with Crippen LogP contribution in [0, 0.1) is 5.82 Å². The first-order valence-corrected chi connectivity index (χ1v) is 8.24. The van der Waals surface area contributed by atoms with Gasteiger partial charge in [-0.2, -0.15) is 0 Å². The van der Waals surface area contributed by atoms with Crippen LogP contribution in [0.15, 0.2) is 40.9 Å². The van der Waals surface area contributed by atoms with Crippen LogP contribution in [0.5, 0.6) is 5.75 Å². The predicted molar refractivity (Wildman–Crippen MR) is 90.1 cm³/mol. The first kappa shape index (κ1) is 15.8. The molecule has 0 aliphatic carbocycles. The maximum atomic E-state index is 13.5. The fourth-order valence-corrected chi connectivity index (χ4v) is 3.59. The number of rotatable bonds is 4. The van der Waals surface area contributed by atoms with E-state index in [4.69, 9.17) is 16.3 Å². The summed E-state index contributed by atoms with van der Waals surface area (Å²) in [5, 5.41) is 0.779. The molecule has 0 saturated carbocycles. The van der Waals surface area contributed by atoms with Crippen LogP contribution in [-0.4, -0.2) is 25.1 Å². The highest BCUT2D eigenvalue weighted by atomic mass is 79.9. The van der Waals surface area contributed by atoms with E-state index in [0.717, 1.165) is 40.3 Å². The number of hydrogen-bond donors (Lipinski definition) is 0. The SMILES string of the molecule is COc1cc(C2CN(Cc3c(Cl)cccc3Br)C2)ccc1F. The van der Waals surface area contributed by atoms with E-state index in [2.05, 4.69) is 20.8 Å². The van der Waals surface area contributed by atoms with Gasteiger partial charge in [0.05, 0.1) is 7.11 Å². The van der Waals surface area contributed by atoms with Gasteiger partial charge in [-0.05, 0) is 35.4 Å². The van der Waals surface area contributed by atoms with Crippen LogP contribution in [0.25, 0.3) is 0 Å². The van der Waals surface area contributed by atoms with Crippen molar-refractivity contribution in [3.63, 3.8) is 0 Å². The lowest BCUT2D eigenvalue weighted by Crippen LogP contribution is -2.44. The lowest BCUT2D eigenvalue weighted by Gasteiger charge is -2.40. The highest BCUT2D eigenvalue weighted by Gasteiger charge is 2.29. The number of ether oxygens (including phenoxy) is 1. The molecule has 1 aliphatic heterocycles. The topological polar surface area (TPSA) is 12.5 Å². The minimum Gasteiger partial charge on any atom is -0.494 e. The van der Waals surface area contributed by atoms with Crippen molar-refractivity contribution >= 4 is 27.5 Å². The lowest BCUT2D eigenvalue weighted by molar-refractivity contribution is 0.139. The molecule has 5 heteroatoms. The molecule has 2 aromatic rings. The molecule has 1 heterocycles. The third kappa shape index (κ3) is 3.14. The van der Waals surface area contributed by atoms with Gasteiger partial charge in [0.1, 0.15) is 0 Å². The summed E-state index contributed by atoms with van der Waals surface area (Å²) in [5.74, 6) is 0.406. The van der Waals surface area contributed by atoms with Crippen molar-refractivity contribution in [3.8, 4) is 5.75 Å². The summed E-state index contributed by atoms with van der Waals surface area (Å²) in [6.07, 6.45) is 0. The van der Waals surface area contributed by atoms with E-state index in [0.29, 0.717) is 11.7 Å². The molecule has 22 heavy (non-hydrogen) atoms. The Labute approximate surface area is 143 Å². The van der Waals surface area contributed by atoms with Crippen molar-refractivity contribution in [2.75, 3.05) is 20.2 Å². The van der Waals surface area contributed by atoms with E-state index >= 15 is 0 Å². The summed E-state index contributed by atoms with van der Waals surface area (Å²) in [4.78, 5) is 2.33. The van der Waals surface area contributed by atoms with Crippen LogP contribution in [0.4, 0.5) is 4.39 Å². The maximum absolute atomic E-state index is 13.5. The molecule has 0 radical (unpaired) electrons. The zero-order valence-corrected chi connectivity index (χ0v) is 14.5. The van der Waals surface area contributed by atoms with Gasteiger partial charge in [0.2, 0.25) is 0 Å². The second-order valence-corrected chi connectivity index (χ2v) is 6.75. The summed E-state index contributed by atoms with van der Waals surface area (Å²) in [7, 11) is 1.49.